The number of amides is 1. The van der Waals surface area contributed by atoms with Gasteiger partial charge in [0, 0.05) is 11.9 Å². The van der Waals surface area contributed by atoms with Crippen LogP contribution < -0.4 is 16.4 Å². The molecule has 0 bridgehead atoms. The molecule has 3 rings (SSSR count). The Morgan fingerprint density at radius 1 is 1.00 bits per heavy atom. The fourth-order valence-corrected chi connectivity index (χ4v) is 2.39. The first kappa shape index (κ1) is 18.0. The van der Waals surface area contributed by atoms with Crippen molar-refractivity contribution in [3.05, 3.63) is 71.7 Å². The van der Waals surface area contributed by atoms with Crippen molar-refractivity contribution in [1.29, 1.82) is 0 Å². The van der Waals surface area contributed by atoms with Gasteiger partial charge in [-0.25, -0.2) is 9.37 Å². The van der Waals surface area contributed by atoms with Gasteiger partial charge in [0.05, 0.1) is 16.8 Å². The lowest BCUT2D eigenvalue weighted by molar-refractivity contribution is 0.0997. The van der Waals surface area contributed by atoms with Crippen LogP contribution in [0.3, 0.4) is 0 Å². The molecule has 0 saturated heterocycles. The quantitative estimate of drug-likeness (QED) is 0.578. The summed E-state index contributed by atoms with van der Waals surface area (Å²) in [4.78, 5) is 31.9. The molecule has 0 saturated carbocycles. The molecule has 7 nitrogen and oxygen atoms in total. The largest absolute Gasteiger partial charge is 0.366 e. The fourth-order valence-electron chi connectivity index (χ4n) is 2.39. The maximum absolute atomic E-state index is 13.0. The summed E-state index contributed by atoms with van der Waals surface area (Å²) in [5.41, 5.74) is 6.90. The Hall–Kier alpha value is -3.81. The number of primary amides is 1. The molecule has 1 heterocycles. The van der Waals surface area contributed by atoms with Crippen LogP contribution in [0.15, 0.2) is 54.7 Å². The first-order valence-corrected chi connectivity index (χ1v) is 8.00. The molecule has 0 aliphatic rings. The van der Waals surface area contributed by atoms with E-state index in [1.54, 1.807) is 24.3 Å². The van der Waals surface area contributed by atoms with Gasteiger partial charge in [0.1, 0.15) is 11.6 Å². The first-order valence-electron chi connectivity index (χ1n) is 8.00. The average Bonchev–Trinajstić information content (AvgIpc) is 2.64. The van der Waals surface area contributed by atoms with Gasteiger partial charge in [-0.3, -0.25) is 9.59 Å². The summed E-state index contributed by atoms with van der Waals surface area (Å²) in [6, 6.07) is 12.3. The lowest BCUT2D eigenvalue weighted by atomic mass is 10.1. The van der Waals surface area contributed by atoms with Crippen molar-refractivity contribution >= 4 is 34.8 Å². The van der Waals surface area contributed by atoms with Gasteiger partial charge in [0.2, 0.25) is 5.95 Å². The molecule has 136 valence electrons. The Morgan fingerprint density at radius 3 is 2.37 bits per heavy atom. The Bertz CT molecular complexity index is 1010. The molecule has 1 amide bonds. The van der Waals surface area contributed by atoms with Crippen molar-refractivity contribution in [2.45, 2.75) is 6.92 Å². The van der Waals surface area contributed by atoms with E-state index in [4.69, 9.17) is 5.73 Å². The Kier molecular flexibility index (Phi) is 5.07. The third-order valence-corrected chi connectivity index (χ3v) is 3.71. The molecule has 1 aromatic heterocycles. The number of nitrogens with zero attached hydrogens (tertiary/aromatic N) is 2. The van der Waals surface area contributed by atoms with Gasteiger partial charge in [0.15, 0.2) is 5.78 Å². The number of nitrogens with two attached hydrogens (primary N) is 1. The van der Waals surface area contributed by atoms with E-state index in [-0.39, 0.29) is 34.5 Å². The van der Waals surface area contributed by atoms with Gasteiger partial charge in [-0.05, 0) is 43.3 Å². The zero-order valence-corrected chi connectivity index (χ0v) is 14.4. The highest BCUT2D eigenvalue weighted by atomic mass is 19.1. The van der Waals surface area contributed by atoms with Crippen LogP contribution in [0.1, 0.15) is 27.6 Å². The van der Waals surface area contributed by atoms with E-state index >= 15 is 0 Å². The highest BCUT2D eigenvalue weighted by molar-refractivity contribution is 6.02. The van der Waals surface area contributed by atoms with Gasteiger partial charge in [-0.2, -0.15) is 4.98 Å². The molecule has 4 N–H and O–H groups in total. The summed E-state index contributed by atoms with van der Waals surface area (Å²) in [5.74, 6) is -0.802. The molecule has 0 unspecified atom stereocenters. The smallest absolute Gasteiger partial charge is 0.250 e. The summed E-state index contributed by atoms with van der Waals surface area (Å²) in [6.07, 6.45) is 1.37. The average molecular weight is 365 g/mol. The third-order valence-electron chi connectivity index (χ3n) is 3.71. The van der Waals surface area contributed by atoms with Crippen molar-refractivity contribution in [1.82, 2.24) is 9.97 Å². The van der Waals surface area contributed by atoms with E-state index in [0.29, 0.717) is 11.4 Å². The highest BCUT2D eigenvalue weighted by Crippen LogP contribution is 2.24. The number of ketones is 1. The fraction of sp³-hybridized carbons (Fsp3) is 0.0526. The standard InChI is InChI=1S/C19H16FN5O2/c1-11(26)15-10-22-19(23-13-8-6-12(20)7-9-13)25-18(15)24-16-5-3-2-4-14(16)17(21)27/h2-10H,1H3,(H2,21,27)(H2,22,23,24,25). The van der Waals surface area contributed by atoms with Gasteiger partial charge in [-0.15, -0.1) is 0 Å². The summed E-state index contributed by atoms with van der Waals surface area (Å²) >= 11 is 0. The van der Waals surface area contributed by atoms with E-state index in [9.17, 15) is 14.0 Å². The summed E-state index contributed by atoms with van der Waals surface area (Å²) in [6.45, 7) is 1.39. The maximum atomic E-state index is 13.0. The minimum Gasteiger partial charge on any atom is -0.366 e. The molecule has 0 atom stereocenters. The van der Waals surface area contributed by atoms with E-state index in [1.165, 1.54) is 37.4 Å². The van der Waals surface area contributed by atoms with Crippen LogP contribution >= 0.6 is 0 Å². The summed E-state index contributed by atoms with van der Waals surface area (Å²) in [5, 5.41) is 5.90. The predicted octanol–water partition coefficient (Wildman–Crippen LogP) is 3.40. The number of aromatic nitrogens is 2. The number of halogens is 1. The summed E-state index contributed by atoms with van der Waals surface area (Å²) in [7, 11) is 0. The molecular weight excluding hydrogens is 349 g/mol. The van der Waals surface area contributed by atoms with Crippen molar-refractivity contribution in [2.75, 3.05) is 10.6 Å². The van der Waals surface area contributed by atoms with Gasteiger partial charge < -0.3 is 16.4 Å². The molecule has 0 spiro atoms. The number of anilines is 4. The number of Topliss-reactive ketones (excluding diaryl/α,β-unsaturated/α-hetero) is 1. The molecule has 2 aromatic carbocycles. The number of para-hydroxylation sites is 1. The molecule has 0 aliphatic heterocycles. The van der Waals surface area contributed by atoms with Crippen LogP contribution in [0, 0.1) is 5.82 Å². The number of benzene rings is 2. The van der Waals surface area contributed by atoms with Crippen molar-refractivity contribution in [3.8, 4) is 0 Å². The molecular formula is C19H16FN5O2. The molecule has 0 radical (unpaired) electrons. The van der Waals surface area contributed by atoms with Gasteiger partial charge in [0.25, 0.3) is 5.91 Å². The van der Waals surface area contributed by atoms with Crippen molar-refractivity contribution < 1.29 is 14.0 Å². The predicted molar refractivity (Wildman–Crippen MR) is 100.0 cm³/mol. The zero-order valence-electron chi connectivity index (χ0n) is 14.4. The number of carbonyl (C=O) groups is 2. The summed E-state index contributed by atoms with van der Waals surface area (Å²) < 4.78 is 13.0. The van der Waals surface area contributed by atoms with Crippen LogP contribution in [0.25, 0.3) is 0 Å². The lowest BCUT2D eigenvalue weighted by Crippen LogP contribution is -2.14. The molecule has 0 aliphatic carbocycles. The van der Waals surface area contributed by atoms with Gasteiger partial charge in [-0.1, -0.05) is 12.1 Å². The number of carbonyl (C=O) groups excluding carboxylic acids is 2. The molecule has 0 fully saturated rings. The first-order chi connectivity index (χ1) is 12.9. The molecule has 27 heavy (non-hydrogen) atoms. The topological polar surface area (TPSA) is 110 Å². The molecule has 8 heteroatoms. The third kappa shape index (κ3) is 4.24. The second kappa shape index (κ2) is 7.61. The van der Waals surface area contributed by atoms with Gasteiger partial charge >= 0.3 is 0 Å². The molecule has 3 aromatic rings. The minimum atomic E-state index is -0.610. The zero-order chi connectivity index (χ0) is 19.4. The van der Waals surface area contributed by atoms with Crippen molar-refractivity contribution in [3.63, 3.8) is 0 Å². The highest BCUT2D eigenvalue weighted by Gasteiger charge is 2.15. The number of nitrogens with one attached hydrogen (secondary N) is 2. The van der Waals surface area contributed by atoms with Crippen LogP contribution in [-0.4, -0.2) is 21.7 Å². The second-order valence-corrected chi connectivity index (χ2v) is 5.68. The van der Waals surface area contributed by atoms with Crippen LogP contribution in [-0.2, 0) is 0 Å². The maximum Gasteiger partial charge on any atom is 0.250 e. The van der Waals surface area contributed by atoms with E-state index in [0.717, 1.165) is 0 Å². The van der Waals surface area contributed by atoms with E-state index < -0.39 is 5.91 Å². The Morgan fingerprint density at radius 2 is 1.70 bits per heavy atom. The number of rotatable bonds is 6. The Balaban J connectivity index is 1.96. The normalized spacial score (nSPS) is 10.3. The number of hydrogen-bond donors (Lipinski definition) is 3. The van der Waals surface area contributed by atoms with Crippen LogP contribution in [0.2, 0.25) is 0 Å². The van der Waals surface area contributed by atoms with Crippen LogP contribution in [0.4, 0.5) is 27.5 Å². The van der Waals surface area contributed by atoms with E-state index in [2.05, 4.69) is 20.6 Å². The lowest BCUT2D eigenvalue weighted by Gasteiger charge is -2.13. The monoisotopic (exact) mass is 365 g/mol. The van der Waals surface area contributed by atoms with Crippen molar-refractivity contribution in [2.24, 2.45) is 5.73 Å². The Labute approximate surface area is 154 Å². The number of hydrogen-bond acceptors (Lipinski definition) is 6. The SMILES string of the molecule is CC(=O)c1cnc(Nc2ccc(F)cc2)nc1Nc1ccccc1C(N)=O. The van der Waals surface area contributed by atoms with E-state index in [1.807, 2.05) is 0 Å². The second-order valence-electron chi connectivity index (χ2n) is 5.68. The minimum absolute atomic E-state index is 0.200. The van der Waals surface area contributed by atoms with Crippen LogP contribution in [0.5, 0.6) is 0 Å².